The Labute approximate surface area is 168 Å². The van der Waals surface area contributed by atoms with E-state index in [4.69, 9.17) is 9.47 Å². The number of hydrogen-bond donors (Lipinski definition) is 1. The Balaban J connectivity index is 1.77. The average Bonchev–Trinajstić information content (AvgIpc) is 2.72. The maximum atomic E-state index is 13.0. The zero-order chi connectivity index (χ0) is 21.2. The third-order valence-electron chi connectivity index (χ3n) is 3.98. The van der Waals surface area contributed by atoms with Crippen molar-refractivity contribution in [3.63, 3.8) is 0 Å². The van der Waals surface area contributed by atoms with Gasteiger partial charge in [0, 0.05) is 30.4 Å². The van der Waals surface area contributed by atoms with E-state index in [1.807, 2.05) is 13.8 Å². The summed E-state index contributed by atoms with van der Waals surface area (Å²) in [6, 6.07) is 11.8. The molecule has 0 aromatic heterocycles. The Morgan fingerprint density at radius 3 is 2.31 bits per heavy atom. The van der Waals surface area contributed by atoms with Gasteiger partial charge in [0.25, 0.3) is 11.8 Å². The number of hydrogen-bond acceptors (Lipinski definition) is 5. The molecule has 8 heteroatoms. The molecule has 0 fully saturated rings. The normalized spacial score (nSPS) is 10.2. The van der Waals surface area contributed by atoms with Gasteiger partial charge in [-0.05, 0) is 50.2 Å². The Bertz CT molecular complexity index is 850. The van der Waals surface area contributed by atoms with Crippen molar-refractivity contribution in [1.82, 2.24) is 4.90 Å². The van der Waals surface area contributed by atoms with Crippen LogP contribution in [0.5, 0.6) is 5.75 Å². The summed E-state index contributed by atoms with van der Waals surface area (Å²) in [4.78, 5) is 37.5. The Morgan fingerprint density at radius 1 is 1.00 bits per heavy atom. The summed E-state index contributed by atoms with van der Waals surface area (Å²) < 4.78 is 22.9. The van der Waals surface area contributed by atoms with Crippen molar-refractivity contribution in [2.45, 2.75) is 13.8 Å². The van der Waals surface area contributed by atoms with Gasteiger partial charge in [-0.15, -0.1) is 0 Å². The molecule has 2 rings (SSSR count). The number of carbonyl (C=O) groups excluding carboxylic acids is 3. The molecule has 0 saturated heterocycles. The van der Waals surface area contributed by atoms with E-state index in [0.717, 1.165) is 6.07 Å². The summed E-state index contributed by atoms with van der Waals surface area (Å²) >= 11 is 0. The minimum atomic E-state index is -0.760. The third kappa shape index (κ3) is 6.91. The molecule has 0 atom stereocenters. The van der Waals surface area contributed by atoms with E-state index in [2.05, 4.69) is 5.32 Å². The van der Waals surface area contributed by atoms with Crippen LogP contribution in [-0.2, 0) is 14.3 Å². The molecule has 2 aromatic rings. The van der Waals surface area contributed by atoms with Crippen molar-refractivity contribution in [3.05, 3.63) is 59.9 Å². The quantitative estimate of drug-likeness (QED) is 0.652. The molecule has 0 spiro atoms. The van der Waals surface area contributed by atoms with E-state index in [1.165, 1.54) is 18.2 Å². The number of carbonyl (C=O) groups is 3. The molecule has 2 amide bonds. The second kappa shape index (κ2) is 10.8. The standard InChI is InChI=1S/C21H23FN2O5/c1-3-24(4-2)21(27)15-8-10-17(11-9-15)23-19(25)13-29-20(26)14-28-18-7-5-6-16(22)12-18/h5-12H,3-4,13-14H2,1-2H3,(H,23,25). The van der Waals surface area contributed by atoms with Gasteiger partial charge in [0.1, 0.15) is 11.6 Å². The lowest BCUT2D eigenvalue weighted by Gasteiger charge is -2.18. The maximum absolute atomic E-state index is 13.0. The van der Waals surface area contributed by atoms with Crippen molar-refractivity contribution >= 4 is 23.5 Å². The van der Waals surface area contributed by atoms with Crippen molar-refractivity contribution in [2.75, 3.05) is 31.6 Å². The number of benzene rings is 2. The van der Waals surface area contributed by atoms with Crippen molar-refractivity contribution in [1.29, 1.82) is 0 Å². The van der Waals surface area contributed by atoms with E-state index in [-0.39, 0.29) is 11.7 Å². The van der Waals surface area contributed by atoms with Crippen molar-refractivity contribution in [3.8, 4) is 5.75 Å². The van der Waals surface area contributed by atoms with Crippen LogP contribution < -0.4 is 10.1 Å². The van der Waals surface area contributed by atoms with Gasteiger partial charge in [-0.25, -0.2) is 9.18 Å². The van der Waals surface area contributed by atoms with Gasteiger partial charge >= 0.3 is 5.97 Å². The molecule has 2 aromatic carbocycles. The predicted molar refractivity (Wildman–Crippen MR) is 105 cm³/mol. The number of esters is 1. The molecular formula is C21H23FN2O5. The van der Waals surface area contributed by atoms with Gasteiger partial charge in [0.05, 0.1) is 0 Å². The number of amides is 2. The molecule has 0 saturated carbocycles. The largest absolute Gasteiger partial charge is 0.482 e. The molecule has 0 aliphatic rings. The SMILES string of the molecule is CCN(CC)C(=O)c1ccc(NC(=O)COC(=O)COc2cccc(F)c2)cc1. The fraction of sp³-hybridized carbons (Fsp3) is 0.286. The first-order valence-electron chi connectivity index (χ1n) is 9.16. The van der Waals surface area contributed by atoms with E-state index in [0.29, 0.717) is 24.3 Å². The van der Waals surface area contributed by atoms with Crippen molar-refractivity contribution in [2.24, 2.45) is 0 Å². The number of nitrogens with zero attached hydrogens (tertiary/aromatic N) is 1. The summed E-state index contributed by atoms with van der Waals surface area (Å²) in [7, 11) is 0. The lowest BCUT2D eigenvalue weighted by molar-refractivity contribution is -0.149. The molecule has 29 heavy (non-hydrogen) atoms. The Morgan fingerprint density at radius 2 is 1.69 bits per heavy atom. The molecular weight excluding hydrogens is 379 g/mol. The van der Waals surface area contributed by atoms with E-state index >= 15 is 0 Å². The predicted octanol–water partition coefficient (Wildman–Crippen LogP) is 2.87. The number of nitrogens with one attached hydrogen (secondary N) is 1. The third-order valence-corrected chi connectivity index (χ3v) is 3.98. The van der Waals surface area contributed by atoms with Gasteiger partial charge in [0.2, 0.25) is 0 Å². The van der Waals surface area contributed by atoms with Crippen LogP contribution in [0.3, 0.4) is 0 Å². The van der Waals surface area contributed by atoms with Crippen LogP contribution in [0.25, 0.3) is 0 Å². The minimum absolute atomic E-state index is 0.0832. The van der Waals surface area contributed by atoms with Gasteiger partial charge in [-0.2, -0.15) is 0 Å². The molecule has 0 aliphatic heterocycles. The first-order chi connectivity index (χ1) is 13.9. The smallest absolute Gasteiger partial charge is 0.344 e. The van der Waals surface area contributed by atoms with Crippen LogP contribution in [0.2, 0.25) is 0 Å². The summed E-state index contributed by atoms with van der Waals surface area (Å²) in [5, 5.41) is 2.57. The first kappa shape index (κ1) is 21.9. The van der Waals surface area contributed by atoms with Crippen LogP contribution in [0.4, 0.5) is 10.1 Å². The zero-order valence-corrected chi connectivity index (χ0v) is 16.3. The maximum Gasteiger partial charge on any atom is 0.344 e. The fourth-order valence-corrected chi connectivity index (χ4v) is 2.47. The Hall–Kier alpha value is -3.42. The number of rotatable bonds is 9. The highest BCUT2D eigenvalue weighted by atomic mass is 19.1. The first-order valence-corrected chi connectivity index (χ1v) is 9.16. The van der Waals surface area contributed by atoms with Crippen LogP contribution in [0, 0.1) is 5.82 Å². The topological polar surface area (TPSA) is 84.9 Å². The fourth-order valence-electron chi connectivity index (χ4n) is 2.47. The van der Waals surface area contributed by atoms with Crippen molar-refractivity contribution < 1.29 is 28.2 Å². The summed E-state index contributed by atoms with van der Waals surface area (Å²) in [5.41, 5.74) is 0.991. The van der Waals surface area contributed by atoms with Gasteiger partial charge in [-0.3, -0.25) is 9.59 Å². The van der Waals surface area contributed by atoms with Crippen LogP contribution in [-0.4, -0.2) is 49.0 Å². The molecule has 1 N–H and O–H groups in total. The molecule has 0 aliphatic carbocycles. The van der Waals surface area contributed by atoms with E-state index < -0.39 is 30.9 Å². The summed E-state index contributed by atoms with van der Waals surface area (Å²) in [5.74, 6) is -1.68. The van der Waals surface area contributed by atoms with Gasteiger partial charge < -0.3 is 19.7 Å². The van der Waals surface area contributed by atoms with E-state index in [1.54, 1.807) is 29.2 Å². The highest BCUT2D eigenvalue weighted by Gasteiger charge is 2.13. The molecule has 0 radical (unpaired) electrons. The lowest BCUT2D eigenvalue weighted by Crippen LogP contribution is -2.30. The molecule has 7 nitrogen and oxygen atoms in total. The van der Waals surface area contributed by atoms with Gasteiger partial charge in [0.15, 0.2) is 13.2 Å². The summed E-state index contributed by atoms with van der Waals surface area (Å²) in [6.07, 6.45) is 0. The average molecular weight is 402 g/mol. The molecule has 154 valence electrons. The molecule has 0 heterocycles. The number of ether oxygens (including phenoxy) is 2. The monoisotopic (exact) mass is 402 g/mol. The highest BCUT2D eigenvalue weighted by molar-refractivity contribution is 5.96. The van der Waals surface area contributed by atoms with Gasteiger partial charge in [-0.1, -0.05) is 6.07 Å². The number of anilines is 1. The van der Waals surface area contributed by atoms with E-state index in [9.17, 15) is 18.8 Å². The highest BCUT2D eigenvalue weighted by Crippen LogP contribution is 2.13. The number of halogens is 1. The van der Waals surface area contributed by atoms with Crippen LogP contribution in [0.1, 0.15) is 24.2 Å². The molecule has 0 unspecified atom stereocenters. The zero-order valence-electron chi connectivity index (χ0n) is 16.3. The lowest BCUT2D eigenvalue weighted by atomic mass is 10.2. The van der Waals surface area contributed by atoms with Crippen LogP contribution in [0.15, 0.2) is 48.5 Å². The Kier molecular flexibility index (Phi) is 8.14. The molecule has 0 bridgehead atoms. The van der Waals surface area contributed by atoms with Crippen LogP contribution >= 0.6 is 0 Å². The second-order valence-electron chi connectivity index (χ2n) is 6.01. The second-order valence-corrected chi connectivity index (χ2v) is 6.01. The summed E-state index contributed by atoms with van der Waals surface area (Å²) in [6.45, 7) is 4.09. The minimum Gasteiger partial charge on any atom is -0.482 e.